The normalized spacial score (nSPS) is 19.9. The molecule has 0 bridgehead atoms. The van der Waals surface area contributed by atoms with Crippen molar-refractivity contribution in [2.75, 3.05) is 13.2 Å². The molecule has 0 radical (unpaired) electrons. The molecule has 1 fully saturated rings. The summed E-state index contributed by atoms with van der Waals surface area (Å²) in [4.78, 5) is 11.7. The van der Waals surface area contributed by atoms with Gasteiger partial charge in [-0.25, -0.2) is 0 Å². The first kappa shape index (κ1) is 20.6. The van der Waals surface area contributed by atoms with Gasteiger partial charge >= 0.3 is 0 Å². The predicted molar refractivity (Wildman–Crippen MR) is 107 cm³/mol. The smallest absolute Gasteiger partial charge is 0.230 e. The number of hydrogen-bond acceptors (Lipinski definition) is 3. The van der Waals surface area contributed by atoms with Crippen LogP contribution in [0.3, 0.4) is 0 Å². The molecule has 0 spiro atoms. The van der Waals surface area contributed by atoms with Crippen molar-refractivity contribution in [3.63, 3.8) is 0 Å². The lowest BCUT2D eigenvalue weighted by atomic mass is 10.1. The van der Waals surface area contributed by atoms with Gasteiger partial charge in [0.05, 0.1) is 6.61 Å². The first-order chi connectivity index (χ1) is 11.6. The van der Waals surface area contributed by atoms with Crippen molar-refractivity contribution in [3.8, 4) is 0 Å². The van der Waals surface area contributed by atoms with Crippen molar-refractivity contribution in [1.29, 1.82) is 0 Å². The molecule has 1 heterocycles. The summed E-state index contributed by atoms with van der Waals surface area (Å²) in [5.41, 5.74) is 1.25. The zero-order chi connectivity index (χ0) is 18.7. The second kappa shape index (κ2) is 7.91. The highest BCUT2D eigenvalue weighted by Crippen LogP contribution is 2.48. The van der Waals surface area contributed by atoms with Crippen LogP contribution in [-0.2, 0) is 15.9 Å². The quantitative estimate of drug-likeness (QED) is 0.781. The van der Waals surface area contributed by atoms with Gasteiger partial charge in [-0.2, -0.15) is 0 Å². The van der Waals surface area contributed by atoms with Crippen molar-refractivity contribution in [2.45, 2.75) is 83.6 Å². The van der Waals surface area contributed by atoms with E-state index in [0.29, 0.717) is 6.61 Å². The lowest BCUT2D eigenvalue weighted by Crippen LogP contribution is -2.61. The highest BCUT2D eigenvalue weighted by molar-refractivity contribution is 6.90. The summed E-state index contributed by atoms with van der Waals surface area (Å²) >= 11 is 0. The van der Waals surface area contributed by atoms with Crippen molar-refractivity contribution >= 4 is 13.5 Å². The van der Waals surface area contributed by atoms with E-state index in [0.717, 1.165) is 31.1 Å². The molecular formula is C21H36O3Si. The summed E-state index contributed by atoms with van der Waals surface area (Å²) in [7, 11) is -2.66. The van der Waals surface area contributed by atoms with Crippen LogP contribution in [0, 0.1) is 0 Å². The molecule has 142 valence electrons. The molecule has 0 aliphatic carbocycles. The average Bonchev–Trinajstić information content (AvgIpc) is 2.54. The van der Waals surface area contributed by atoms with E-state index >= 15 is 0 Å². The molecule has 1 atom stereocenters. The standard InChI is InChI=1S/C21H36O3Si/c1-20(2,3)25(22,21(4,5)6)18-12-10-17(11-13-18)14-16-24-19-9-7-8-15-23-19/h10-13,19,22H,7-9,14-16H2,1-6H3. The fourth-order valence-corrected chi connectivity index (χ4v) is 8.69. The van der Waals surface area contributed by atoms with Crippen molar-refractivity contribution in [1.82, 2.24) is 0 Å². The summed E-state index contributed by atoms with van der Waals surface area (Å²) in [6.07, 6.45) is 4.21. The lowest BCUT2D eigenvalue weighted by molar-refractivity contribution is -0.161. The van der Waals surface area contributed by atoms with Gasteiger partial charge < -0.3 is 14.3 Å². The molecule has 0 saturated carbocycles. The Hall–Kier alpha value is -0.683. The molecule has 1 aromatic rings. The second-order valence-corrected chi connectivity index (χ2v) is 14.3. The van der Waals surface area contributed by atoms with Crippen LogP contribution in [0.15, 0.2) is 24.3 Å². The van der Waals surface area contributed by atoms with Crippen LogP contribution in [-0.4, -0.2) is 32.6 Å². The third-order valence-corrected chi connectivity index (χ3v) is 10.9. The zero-order valence-corrected chi connectivity index (χ0v) is 17.9. The molecule has 0 aromatic heterocycles. The van der Waals surface area contributed by atoms with E-state index in [1.54, 1.807) is 0 Å². The van der Waals surface area contributed by atoms with Gasteiger partial charge in [-0.3, -0.25) is 0 Å². The molecule has 2 rings (SSSR count). The number of benzene rings is 1. The van der Waals surface area contributed by atoms with E-state index in [-0.39, 0.29) is 16.4 Å². The Balaban J connectivity index is 2.02. The highest BCUT2D eigenvalue weighted by Gasteiger charge is 2.53. The minimum Gasteiger partial charge on any atom is -0.426 e. The van der Waals surface area contributed by atoms with Gasteiger partial charge in [0.1, 0.15) is 0 Å². The minimum atomic E-state index is -2.66. The van der Waals surface area contributed by atoms with Crippen molar-refractivity contribution in [2.24, 2.45) is 0 Å². The van der Waals surface area contributed by atoms with Crippen LogP contribution in [0.4, 0.5) is 0 Å². The van der Waals surface area contributed by atoms with Crippen molar-refractivity contribution < 1.29 is 14.3 Å². The molecule has 0 amide bonds. The molecule has 1 N–H and O–H groups in total. The Labute approximate surface area is 154 Å². The summed E-state index contributed by atoms with van der Waals surface area (Å²) in [5, 5.41) is 0.885. The monoisotopic (exact) mass is 364 g/mol. The predicted octanol–water partition coefficient (Wildman–Crippen LogP) is 4.52. The van der Waals surface area contributed by atoms with Gasteiger partial charge in [0, 0.05) is 6.61 Å². The summed E-state index contributed by atoms with van der Waals surface area (Å²) in [5.74, 6) is 0. The molecule has 3 nitrogen and oxygen atoms in total. The third kappa shape index (κ3) is 4.73. The maximum absolute atomic E-state index is 11.7. The Kier molecular flexibility index (Phi) is 6.53. The van der Waals surface area contributed by atoms with Crippen molar-refractivity contribution in [3.05, 3.63) is 29.8 Å². The Bertz CT molecular complexity index is 520. The molecular weight excluding hydrogens is 328 g/mol. The Morgan fingerprint density at radius 3 is 2.12 bits per heavy atom. The number of ether oxygens (including phenoxy) is 2. The summed E-state index contributed by atoms with van der Waals surface area (Å²) in [6, 6.07) is 8.57. The Morgan fingerprint density at radius 2 is 1.64 bits per heavy atom. The van der Waals surface area contributed by atoms with E-state index < -0.39 is 8.32 Å². The first-order valence-electron chi connectivity index (χ1n) is 9.61. The average molecular weight is 365 g/mol. The summed E-state index contributed by atoms with van der Waals surface area (Å²) < 4.78 is 11.4. The minimum absolute atomic E-state index is 0.0210. The van der Waals surface area contributed by atoms with Gasteiger partial charge in [0.2, 0.25) is 8.32 Å². The van der Waals surface area contributed by atoms with E-state index in [1.165, 1.54) is 12.0 Å². The lowest BCUT2D eigenvalue weighted by Gasteiger charge is -2.47. The molecule has 1 aliphatic heterocycles. The maximum Gasteiger partial charge on any atom is 0.230 e. The first-order valence-corrected chi connectivity index (χ1v) is 11.6. The van der Waals surface area contributed by atoms with E-state index in [9.17, 15) is 4.80 Å². The fourth-order valence-electron chi connectivity index (χ4n) is 4.05. The molecule has 1 aliphatic rings. The highest BCUT2D eigenvalue weighted by atomic mass is 28.4. The summed E-state index contributed by atoms with van der Waals surface area (Å²) in [6.45, 7) is 14.5. The van der Waals surface area contributed by atoms with E-state index in [2.05, 4.69) is 65.8 Å². The van der Waals surface area contributed by atoms with Crippen LogP contribution in [0.25, 0.3) is 0 Å². The van der Waals surface area contributed by atoms with Crippen LogP contribution < -0.4 is 5.19 Å². The van der Waals surface area contributed by atoms with Crippen LogP contribution in [0.5, 0.6) is 0 Å². The second-order valence-electron chi connectivity index (χ2n) is 9.32. The largest absolute Gasteiger partial charge is 0.426 e. The number of hydrogen-bond donors (Lipinski definition) is 1. The molecule has 1 unspecified atom stereocenters. The molecule has 1 saturated heterocycles. The van der Waals surface area contributed by atoms with Gasteiger partial charge in [0.25, 0.3) is 0 Å². The van der Waals surface area contributed by atoms with E-state index in [1.807, 2.05) is 0 Å². The van der Waals surface area contributed by atoms with Crippen LogP contribution in [0.2, 0.25) is 10.1 Å². The SMILES string of the molecule is CC(C)(C)[Si](O)(c1ccc(CCOC2CCCCO2)cc1)C(C)(C)C. The Morgan fingerprint density at radius 1 is 1.04 bits per heavy atom. The molecule has 4 heteroatoms. The molecule has 25 heavy (non-hydrogen) atoms. The third-order valence-electron chi connectivity index (χ3n) is 5.37. The fraction of sp³-hybridized carbons (Fsp3) is 0.714. The number of rotatable bonds is 5. The van der Waals surface area contributed by atoms with Gasteiger partial charge in [0.15, 0.2) is 6.29 Å². The van der Waals surface area contributed by atoms with E-state index in [4.69, 9.17) is 9.47 Å². The van der Waals surface area contributed by atoms with Crippen LogP contribution >= 0.6 is 0 Å². The zero-order valence-electron chi connectivity index (χ0n) is 16.9. The van der Waals surface area contributed by atoms with Gasteiger partial charge in [-0.1, -0.05) is 65.8 Å². The molecule has 1 aromatic carbocycles. The van der Waals surface area contributed by atoms with Gasteiger partial charge in [-0.05, 0) is 46.5 Å². The maximum atomic E-state index is 11.7. The van der Waals surface area contributed by atoms with Gasteiger partial charge in [-0.15, -0.1) is 0 Å². The van der Waals surface area contributed by atoms with Crippen LogP contribution in [0.1, 0.15) is 66.4 Å². The topological polar surface area (TPSA) is 38.7 Å².